The van der Waals surface area contributed by atoms with Crippen molar-refractivity contribution in [1.82, 2.24) is 13.5 Å². The lowest BCUT2D eigenvalue weighted by molar-refractivity contribution is 0.0863. The quantitative estimate of drug-likeness (QED) is 0.126. The molecule has 5 rings (SSSR count). The molecule has 3 aromatic carbocycles. The molecule has 0 aliphatic heterocycles. The number of hydrogen-bond donors (Lipinski definition) is 0. The fourth-order valence-corrected chi connectivity index (χ4v) is 8.15. The normalized spacial score (nSPS) is 12.7. The number of nitrogens with zero attached hydrogens (tertiary/aromatic N) is 4. The van der Waals surface area contributed by atoms with E-state index in [1.165, 1.54) is 3.97 Å². The summed E-state index contributed by atoms with van der Waals surface area (Å²) in [4.78, 5) is 5.35. The van der Waals surface area contributed by atoms with Crippen molar-refractivity contribution in [3.8, 4) is 6.07 Å². The number of benzene rings is 3. The molecule has 2 aromatic heterocycles. The summed E-state index contributed by atoms with van der Waals surface area (Å²) in [6.07, 6.45) is 1.66. The minimum atomic E-state index is -3.82. The summed E-state index contributed by atoms with van der Waals surface area (Å²) in [6, 6.07) is 19.7. The molecule has 0 spiro atoms. The highest BCUT2D eigenvalue weighted by atomic mass is 32.2. The highest BCUT2D eigenvalue weighted by molar-refractivity contribution is 7.90. The molecule has 0 N–H and O–H groups in total. The Kier molecular flexibility index (Phi) is 7.93. The van der Waals surface area contributed by atoms with Crippen molar-refractivity contribution < 1.29 is 13.2 Å². The van der Waals surface area contributed by atoms with Crippen molar-refractivity contribution in [2.75, 3.05) is 6.61 Å². The van der Waals surface area contributed by atoms with Crippen molar-refractivity contribution in [3.05, 3.63) is 94.4 Å². The number of ether oxygens (including phenoxy) is 1. The van der Waals surface area contributed by atoms with E-state index in [0.717, 1.165) is 50.5 Å². The third kappa shape index (κ3) is 5.67. The lowest BCUT2D eigenvalue weighted by atomic mass is 9.78. The second-order valence-electron chi connectivity index (χ2n) is 13.2. The van der Waals surface area contributed by atoms with E-state index in [9.17, 15) is 13.7 Å². The van der Waals surface area contributed by atoms with Gasteiger partial charge < -0.3 is 9.30 Å². The average Bonchev–Trinajstić information content (AvgIpc) is 3.53. The van der Waals surface area contributed by atoms with Gasteiger partial charge in [-0.2, -0.15) is 5.26 Å². The van der Waals surface area contributed by atoms with Crippen LogP contribution in [0, 0.1) is 32.1 Å². The van der Waals surface area contributed by atoms with E-state index < -0.39 is 23.5 Å². The van der Waals surface area contributed by atoms with E-state index >= 15 is 0 Å². The van der Waals surface area contributed by atoms with Crippen molar-refractivity contribution in [3.63, 3.8) is 0 Å². The Morgan fingerprint density at radius 3 is 2.33 bits per heavy atom. The Bertz CT molecular complexity index is 1990. The minimum absolute atomic E-state index is 0.252. The van der Waals surface area contributed by atoms with Gasteiger partial charge in [0.25, 0.3) is 10.0 Å². The molecule has 0 atom stereocenters. The van der Waals surface area contributed by atoms with E-state index in [0.29, 0.717) is 24.4 Å². The molecule has 43 heavy (non-hydrogen) atoms. The first-order valence-corrected chi connectivity index (χ1v) is 19.7. The fourth-order valence-electron chi connectivity index (χ4n) is 5.98. The maximum atomic E-state index is 13.8. The topological polar surface area (TPSA) is 89.9 Å². The summed E-state index contributed by atoms with van der Waals surface area (Å²) in [5.74, 6) is 0.799. The number of aromatic nitrogens is 3. The van der Waals surface area contributed by atoms with E-state index in [-0.39, 0.29) is 4.90 Å². The van der Waals surface area contributed by atoms with E-state index in [4.69, 9.17) is 9.72 Å². The number of fused-ring (bicyclic) bond motifs is 2. The lowest BCUT2D eigenvalue weighted by Gasteiger charge is -2.29. The molecule has 0 bridgehead atoms. The summed E-state index contributed by atoms with van der Waals surface area (Å²) in [6.45, 7) is 18.2. The van der Waals surface area contributed by atoms with Crippen molar-refractivity contribution in [1.29, 1.82) is 5.26 Å². The van der Waals surface area contributed by atoms with Crippen LogP contribution in [0.25, 0.3) is 21.9 Å². The van der Waals surface area contributed by atoms with Crippen LogP contribution in [0.2, 0.25) is 25.7 Å². The summed E-state index contributed by atoms with van der Waals surface area (Å²) < 4.78 is 37.4. The van der Waals surface area contributed by atoms with Crippen LogP contribution in [0.15, 0.2) is 65.7 Å². The molecule has 0 saturated carbocycles. The highest BCUT2D eigenvalue weighted by Gasteiger charge is 2.34. The molecule has 0 saturated heterocycles. The van der Waals surface area contributed by atoms with E-state index in [1.54, 1.807) is 24.4 Å². The number of nitriles is 1. The molecule has 0 aliphatic rings. The molecule has 0 amide bonds. The molecular weight excluding hydrogens is 573 g/mol. The largest absolute Gasteiger partial charge is 0.361 e. The maximum absolute atomic E-state index is 13.8. The Morgan fingerprint density at radius 2 is 1.67 bits per heavy atom. The Morgan fingerprint density at radius 1 is 0.977 bits per heavy atom. The monoisotopic (exact) mass is 612 g/mol. The van der Waals surface area contributed by atoms with Crippen LogP contribution >= 0.6 is 0 Å². The molecule has 0 fully saturated rings. The number of aryl methyl sites for hydroxylation is 3. The SMILES string of the molecule is Cc1ccc(S(=O)(=O)n2ccc3c(C(C)(C)c4nc5ccc(C#N)cc5n4COCC[Si](C)(C)C)c(C)cc(C)c32)cc1. The fraction of sp³-hybridized carbons (Fsp3) is 0.353. The number of rotatable bonds is 9. The van der Waals surface area contributed by atoms with Gasteiger partial charge in [-0.15, -0.1) is 0 Å². The Hall–Kier alpha value is -3.71. The first-order chi connectivity index (χ1) is 20.1. The van der Waals surface area contributed by atoms with Gasteiger partial charge in [0.15, 0.2) is 0 Å². The van der Waals surface area contributed by atoms with Gasteiger partial charge in [-0.25, -0.2) is 17.4 Å². The standard InChI is InChI=1S/C34H40N4O3SSi/c1-23-9-12-27(13-10-23)42(39,40)38-16-15-28-31(24(2)19-25(3)32(28)38)34(4,5)33-36-29-14-11-26(21-35)20-30(29)37(33)22-41-17-18-43(6,7)8/h9-16,19-20H,17-18,22H2,1-8H3. The molecule has 0 radical (unpaired) electrons. The summed E-state index contributed by atoms with van der Waals surface area (Å²) in [7, 11) is -5.10. The second kappa shape index (κ2) is 11.1. The third-order valence-corrected chi connectivity index (χ3v) is 11.6. The molecule has 224 valence electrons. The van der Waals surface area contributed by atoms with Gasteiger partial charge in [-0.3, -0.25) is 0 Å². The summed E-state index contributed by atoms with van der Waals surface area (Å²) >= 11 is 0. The predicted molar refractivity (Wildman–Crippen MR) is 176 cm³/mol. The Balaban J connectivity index is 1.68. The van der Waals surface area contributed by atoms with Crippen LogP contribution in [0.5, 0.6) is 0 Å². The first kappa shape index (κ1) is 30.7. The van der Waals surface area contributed by atoms with Crippen LogP contribution in [0.1, 0.15) is 47.5 Å². The minimum Gasteiger partial charge on any atom is -0.361 e. The van der Waals surface area contributed by atoms with Gasteiger partial charge in [0.2, 0.25) is 0 Å². The predicted octanol–water partition coefficient (Wildman–Crippen LogP) is 7.66. The zero-order valence-electron chi connectivity index (χ0n) is 26.3. The summed E-state index contributed by atoms with van der Waals surface area (Å²) in [5, 5.41) is 10.5. The molecule has 5 aromatic rings. The molecule has 0 aliphatic carbocycles. The van der Waals surface area contributed by atoms with Gasteiger partial charge in [-0.1, -0.05) is 43.4 Å². The average molecular weight is 613 g/mol. The zero-order valence-corrected chi connectivity index (χ0v) is 28.1. The third-order valence-electron chi connectivity index (χ3n) is 8.18. The molecule has 7 nitrogen and oxygen atoms in total. The van der Waals surface area contributed by atoms with Gasteiger partial charge in [0.05, 0.1) is 33.1 Å². The van der Waals surface area contributed by atoms with Crippen LogP contribution in [0.4, 0.5) is 0 Å². The molecule has 0 unspecified atom stereocenters. The van der Waals surface area contributed by atoms with Crippen LogP contribution in [-0.2, 0) is 26.9 Å². The van der Waals surface area contributed by atoms with Gasteiger partial charge in [0, 0.05) is 31.7 Å². The molecule has 9 heteroatoms. The molecular formula is C34H40N4O3SSi. The highest BCUT2D eigenvalue weighted by Crippen LogP contribution is 2.41. The van der Waals surface area contributed by atoms with E-state index in [1.807, 2.05) is 44.2 Å². The smallest absolute Gasteiger partial charge is 0.268 e. The van der Waals surface area contributed by atoms with E-state index in [2.05, 4.69) is 57.1 Å². The van der Waals surface area contributed by atoms with Crippen molar-refractivity contribution in [2.24, 2.45) is 0 Å². The van der Waals surface area contributed by atoms with Gasteiger partial charge in [-0.05, 0) is 93.8 Å². The van der Waals surface area contributed by atoms with Gasteiger partial charge in [0.1, 0.15) is 12.6 Å². The van der Waals surface area contributed by atoms with Crippen molar-refractivity contribution >= 4 is 40.0 Å². The van der Waals surface area contributed by atoms with Crippen molar-refractivity contribution in [2.45, 2.75) is 77.3 Å². The number of hydrogen-bond acceptors (Lipinski definition) is 5. The second-order valence-corrected chi connectivity index (χ2v) is 20.7. The summed E-state index contributed by atoms with van der Waals surface area (Å²) in [5.41, 5.74) is 6.16. The van der Waals surface area contributed by atoms with Crippen LogP contribution in [0.3, 0.4) is 0 Å². The Labute approximate surface area is 255 Å². The molecule has 2 heterocycles. The zero-order chi connectivity index (χ0) is 31.3. The first-order valence-electron chi connectivity index (χ1n) is 14.6. The lowest BCUT2D eigenvalue weighted by Crippen LogP contribution is -2.27. The van der Waals surface area contributed by atoms with Crippen LogP contribution < -0.4 is 0 Å². The van der Waals surface area contributed by atoms with Gasteiger partial charge >= 0.3 is 0 Å². The number of imidazole rings is 1. The van der Waals surface area contributed by atoms with Crippen LogP contribution in [-0.4, -0.2) is 36.6 Å². The maximum Gasteiger partial charge on any atom is 0.268 e.